The number of hydrogen-bond donors (Lipinski definition) is 0. The first-order chi connectivity index (χ1) is 13.6. The highest BCUT2D eigenvalue weighted by Gasteiger charge is 2.56. The van der Waals surface area contributed by atoms with Crippen molar-refractivity contribution in [1.29, 1.82) is 0 Å². The number of ether oxygens (including phenoxy) is 4. The Bertz CT molecular complexity index is 958. The number of rotatable bonds is 5. The topological polar surface area (TPSA) is 67.6 Å². The molecule has 2 aromatic carbocycles. The van der Waals surface area contributed by atoms with Gasteiger partial charge in [-0.2, -0.15) is 0 Å². The summed E-state index contributed by atoms with van der Waals surface area (Å²) in [7, 11) is 0. The van der Waals surface area contributed by atoms with Gasteiger partial charge in [0.05, 0.1) is 18.7 Å². The average molecular weight is 381 g/mol. The lowest BCUT2D eigenvalue weighted by atomic mass is 10.1. The smallest absolute Gasteiger partial charge is 0.189 e. The van der Waals surface area contributed by atoms with Crippen molar-refractivity contribution >= 4 is 11.0 Å². The molecule has 4 atom stereocenters. The van der Waals surface area contributed by atoms with E-state index in [1.807, 2.05) is 73.1 Å². The van der Waals surface area contributed by atoms with Crippen LogP contribution in [0.3, 0.4) is 0 Å². The molecule has 0 radical (unpaired) electrons. The van der Waals surface area contributed by atoms with Crippen LogP contribution < -0.4 is 0 Å². The summed E-state index contributed by atoms with van der Waals surface area (Å²) in [6, 6.07) is 17.8. The molecule has 2 saturated heterocycles. The van der Waals surface area contributed by atoms with Crippen molar-refractivity contribution in [3.05, 3.63) is 60.2 Å². The number of para-hydroxylation sites is 1. The summed E-state index contributed by atoms with van der Waals surface area (Å²) in [5.41, 5.74) is 2.91. The highest BCUT2D eigenvalue weighted by Crippen LogP contribution is 2.43. The monoisotopic (exact) mass is 381 g/mol. The lowest BCUT2D eigenvalue weighted by Crippen LogP contribution is -2.35. The quantitative estimate of drug-likeness (QED) is 0.677. The summed E-state index contributed by atoms with van der Waals surface area (Å²) in [6.07, 6.45) is -0.973. The number of fused-ring (bicyclic) bond motifs is 2. The van der Waals surface area contributed by atoms with Gasteiger partial charge in [0, 0.05) is 0 Å². The fourth-order valence-electron chi connectivity index (χ4n) is 3.97. The third-order valence-electron chi connectivity index (χ3n) is 5.17. The van der Waals surface area contributed by atoms with Gasteiger partial charge in [0.15, 0.2) is 12.1 Å². The fourth-order valence-corrected chi connectivity index (χ4v) is 3.97. The van der Waals surface area contributed by atoms with Crippen LogP contribution in [0.1, 0.15) is 25.5 Å². The fraction of sp³-hybridized carbons (Fsp3) is 0.429. The van der Waals surface area contributed by atoms with Crippen LogP contribution in [-0.4, -0.2) is 45.9 Å². The van der Waals surface area contributed by atoms with E-state index in [-0.39, 0.29) is 18.2 Å². The van der Waals surface area contributed by atoms with E-state index in [9.17, 15) is 0 Å². The maximum atomic E-state index is 6.18. The van der Waals surface area contributed by atoms with Gasteiger partial charge in [-0.05, 0) is 31.5 Å². The van der Waals surface area contributed by atoms with E-state index in [4.69, 9.17) is 18.9 Å². The zero-order valence-electron chi connectivity index (χ0n) is 15.9. The summed E-state index contributed by atoms with van der Waals surface area (Å²) in [6.45, 7) is 4.72. The Morgan fingerprint density at radius 2 is 1.82 bits per heavy atom. The third-order valence-corrected chi connectivity index (χ3v) is 5.17. The van der Waals surface area contributed by atoms with Crippen LogP contribution in [0.4, 0.5) is 0 Å². The van der Waals surface area contributed by atoms with Crippen molar-refractivity contribution in [1.82, 2.24) is 15.0 Å². The van der Waals surface area contributed by atoms with Crippen molar-refractivity contribution in [3.63, 3.8) is 0 Å². The van der Waals surface area contributed by atoms with Gasteiger partial charge in [0.25, 0.3) is 0 Å². The van der Waals surface area contributed by atoms with Gasteiger partial charge >= 0.3 is 0 Å². The predicted octanol–water partition coefficient (Wildman–Crippen LogP) is 3.07. The Morgan fingerprint density at radius 3 is 2.68 bits per heavy atom. The van der Waals surface area contributed by atoms with Crippen molar-refractivity contribution in [2.45, 2.75) is 50.8 Å². The minimum absolute atomic E-state index is 0.185. The van der Waals surface area contributed by atoms with E-state index in [0.717, 1.165) is 16.6 Å². The molecular formula is C21H23N3O4. The van der Waals surface area contributed by atoms with Gasteiger partial charge in [-0.3, -0.25) is 0 Å². The van der Waals surface area contributed by atoms with E-state index < -0.39 is 12.1 Å². The molecule has 0 spiro atoms. The Labute approximate surface area is 163 Å². The van der Waals surface area contributed by atoms with Crippen LogP contribution in [-0.2, 0) is 25.6 Å². The molecule has 7 heteroatoms. The molecular weight excluding hydrogens is 358 g/mol. The molecule has 3 aromatic rings. The van der Waals surface area contributed by atoms with Crippen LogP contribution in [0, 0.1) is 0 Å². The molecule has 0 aliphatic carbocycles. The SMILES string of the molecule is CC1(C)O[C@H]2O[C@H](COCc3ccccc3)[C@@H](n3nnc4ccccc43)[C@H]2O1. The van der Waals surface area contributed by atoms with Crippen molar-refractivity contribution in [2.75, 3.05) is 6.61 Å². The van der Waals surface area contributed by atoms with Crippen molar-refractivity contribution in [2.24, 2.45) is 0 Å². The average Bonchev–Trinajstić information content (AvgIpc) is 3.32. The Morgan fingerprint density at radius 1 is 1.04 bits per heavy atom. The first kappa shape index (κ1) is 17.8. The second-order valence-corrected chi connectivity index (χ2v) is 7.66. The lowest BCUT2D eigenvalue weighted by molar-refractivity contribution is -0.214. The van der Waals surface area contributed by atoms with E-state index in [1.165, 1.54) is 0 Å². The molecule has 0 bridgehead atoms. The van der Waals surface area contributed by atoms with Crippen molar-refractivity contribution < 1.29 is 18.9 Å². The zero-order chi connectivity index (χ0) is 19.1. The van der Waals surface area contributed by atoms with E-state index >= 15 is 0 Å². The van der Waals surface area contributed by atoms with Crippen molar-refractivity contribution in [3.8, 4) is 0 Å². The lowest BCUT2D eigenvalue weighted by Gasteiger charge is -2.26. The molecule has 2 aliphatic rings. The summed E-state index contributed by atoms with van der Waals surface area (Å²) in [5, 5.41) is 8.69. The van der Waals surface area contributed by atoms with Gasteiger partial charge < -0.3 is 18.9 Å². The zero-order valence-corrected chi connectivity index (χ0v) is 15.9. The summed E-state index contributed by atoms with van der Waals surface area (Å²) in [4.78, 5) is 0. The Hall–Kier alpha value is -2.32. The van der Waals surface area contributed by atoms with Crippen LogP contribution >= 0.6 is 0 Å². The first-order valence-electron chi connectivity index (χ1n) is 9.53. The van der Waals surface area contributed by atoms with E-state index in [1.54, 1.807) is 0 Å². The highest BCUT2D eigenvalue weighted by molar-refractivity contribution is 5.74. The molecule has 0 unspecified atom stereocenters. The maximum absolute atomic E-state index is 6.18. The van der Waals surface area contributed by atoms with Crippen LogP contribution in [0.5, 0.6) is 0 Å². The molecule has 146 valence electrons. The van der Waals surface area contributed by atoms with Gasteiger partial charge in [-0.25, -0.2) is 4.68 Å². The predicted molar refractivity (Wildman–Crippen MR) is 101 cm³/mol. The van der Waals surface area contributed by atoms with Crippen LogP contribution in [0.2, 0.25) is 0 Å². The third kappa shape index (κ3) is 3.20. The summed E-state index contributed by atoms with van der Waals surface area (Å²) < 4.78 is 26.1. The summed E-state index contributed by atoms with van der Waals surface area (Å²) >= 11 is 0. The molecule has 1 aromatic heterocycles. The second kappa shape index (κ2) is 6.93. The Kier molecular flexibility index (Phi) is 4.40. The van der Waals surface area contributed by atoms with Crippen LogP contribution in [0.25, 0.3) is 11.0 Å². The number of aromatic nitrogens is 3. The summed E-state index contributed by atoms with van der Waals surface area (Å²) in [5.74, 6) is -0.695. The molecule has 7 nitrogen and oxygen atoms in total. The maximum Gasteiger partial charge on any atom is 0.189 e. The number of nitrogens with zero attached hydrogens (tertiary/aromatic N) is 3. The second-order valence-electron chi connectivity index (χ2n) is 7.66. The molecule has 0 amide bonds. The number of benzene rings is 2. The highest BCUT2D eigenvalue weighted by atomic mass is 16.8. The molecule has 2 aliphatic heterocycles. The first-order valence-corrected chi connectivity index (χ1v) is 9.53. The van der Waals surface area contributed by atoms with E-state index in [0.29, 0.717) is 13.2 Å². The molecule has 0 N–H and O–H groups in total. The van der Waals surface area contributed by atoms with Gasteiger partial charge in [0.2, 0.25) is 0 Å². The van der Waals surface area contributed by atoms with Gasteiger partial charge in [0.1, 0.15) is 23.8 Å². The van der Waals surface area contributed by atoms with Gasteiger partial charge in [-0.15, -0.1) is 5.10 Å². The molecule has 28 heavy (non-hydrogen) atoms. The van der Waals surface area contributed by atoms with Crippen LogP contribution in [0.15, 0.2) is 54.6 Å². The minimum Gasteiger partial charge on any atom is -0.374 e. The molecule has 2 fully saturated rings. The normalized spacial score (nSPS) is 28.6. The van der Waals surface area contributed by atoms with E-state index in [2.05, 4.69) is 10.3 Å². The molecule has 5 rings (SSSR count). The minimum atomic E-state index is -0.695. The standard InChI is InChI=1S/C21H23N3O4/c1-21(2)27-19-18(24-16-11-7-6-10-15(16)22-23-24)17(26-20(19)28-21)13-25-12-14-8-4-3-5-9-14/h3-11,17-20H,12-13H2,1-2H3/t17-,18-,19-,20-/m1/s1. The van der Waals surface area contributed by atoms with Gasteiger partial charge in [-0.1, -0.05) is 47.7 Å². The Balaban J connectivity index is 1.40. The largest absolute Gasteiger partial charge is 0.374 e. The molecule has 3 heterocycles. The number of hydrogen-bond acceptors (Lipinski definition) is 6. The molecule has 0 saturated carbocycles.